The summed E-state index contributed by atoms with van der Waals surface area (Å²) in [5.41, 5.74) is 6.57. The highest BCUT2D eigenvalue weighted by Gasteiger charge is 2.46. The predicted octanol–water partition coefficient (Wildman–Crippen LogP) is 1.46. The van der Waals surface area contributed by atoms with Gasteiger partial charge < -0.3 is 10.6 Å². The first-order valence-corrected chi connectivity index (χ1v) is 5.60. The minimum absolute atomic E-state index is 0.447. The molecule has 0 aromatic rings. The Balaban J connectivity index is 1.84. The van der Waals surface area contributed by atoms with Crippen LogP contribution >= 0.6 is 0 Å². The van der Waals surface area contributed by atoms with E-state index < -0.39 is 0 Å². The summed E-state index contributed by atoms with van der Waals surface area (Å²) in [6, 6.07) is 0.447. The lowest BCUT2D eigenvalue weighted by Gasteiger charge is -2.26. The maximum atomic E-state index is 5.90. The molecule has 1 aliphatic carbocycles. The van der Waals surface area contributed by atoms with Gasteiger partial charge in [0.15, 0.2) is 0 Å². The molecule has 1 unspecified atom stereocenters. The standard InChI is InChI=1S/C11H22N2/c1-9(2)11(4-5-11)8-13-6-3-10(12)7-13/h9-10H,3-8,12H2,1-2H3. The SMILES string of the molecule is CC(C)C1(CN2CCC(N)C2)CC1. The summed E-state index contributed by atoms with van der Waals surface area (Å²) < 4.78 is 0. The lowest BCUT2D eigenvalue weighted by molar-refractivity contribution is 0.216. The Hall–Kier alpha value is -0.0800. The lowest BCUT2D eigenvalue weighted by atomic mass is 9.92. The number of likely N-dealkylation sites (tertiary alicyclic amines) is 1. The maximum Gasteiger partial charge on any atom is 0.0180 e. The Morgan fingerprint density at radius 1 is 1.46 bits per heavy atom. The molecule has 0 bridgehead atoms. The van der Waals surface area contributed by atoms with Crippen molar-refractivity contribution < 1.29 is 0 Å². The molecule has 0 radical (unpaired) electrons. The molecule has 1 saturated carbocycles. The summed E-state index contributed by atoms with van der Waals surface area (Å²) in [5, 5.41) is 0. The summed E-state index contributed by atoms with van der Waals surface area (Å²) in [5.74, 6) is 0.851. The highest BCUT2D eigenvalue weighted by molar-refractivity contribution is 4.99. The summed E-state index contributed by atoms with van der Waals surface area (Å²) in [4.78, 5) is 2.57. The monoisotopic (exact) mass is 182 g/mol. The van der Waals surface area contributed by atoms with E-state index in [9.17, 15) is 0 Å². The topological polar surface area (TPSA) is 29.3 Å². The minimum atomic E-state index is 0.447. The third kappa shape index (κ3) is 1.89. The van der Waals surface area contributed by atoms with E-state index in [0.29, 0.717) is 11.5 Å². The van der Waals surface area contributed by atoms with E-state index in [0.717, 1.165) is 12.5 Å². The van der Waals surface area contributed by atoms with Crippen molar-refractivity contribution in [2.75, 3.05) is 19.6 Å². The molecule has 1 heterocycles. The molecule has 2 aliphatic rings. The van der Waals surface area contributed by atoms with E-state index in [4.69, 9.17) is 5.73 Å². The van der Waals surface area contributed by atoms with Crippen LogP contribution in [0, 0.1) is 11.3 Å². The van der Waals surface area contributed by atoms with Gasteiger partial charge in [-0.1, -0.05) is 13.8 Å². The van der Waals surface area contributed by atoms with E-state index >= 15 is 0 Å². The Morgan fingerprint density at radius 3 is 2.54 bits per heavy atom. The van der Waals surface area contributed by atoms with Crippen molar-refractivity contribution in [3.8, 4) is 0 Å². The van der Waals surface area contributed by atoms with Crippen LogP contribution in [0.3, 0.4) is 0 Å². The Kier molecular flexibility index (Phi) is 2.37. The summed E-state index contributed by atoms with van der Waals surface area (Å²) >= 11 is 0. The van der Waals surface area contributed by atoms with E-state index in [1.165, 1.54) is 32.4 Å². The molecule has 2 N–H and O–H groups in total. The van der Waals surface area contributed by atoms with Gasteiger partial charge in [-0.3, -0.25) is 0 Å². The van der Waals surface area contributed by atoms with Crippen LogP contribution in [-0.2, 0) is 0 Å². The Labute approximate surface area is 81.5 Å². The number of hydrogen-bond donors (Lipinski definition) is 1. The molecular formula is C11H22N2. The first-order valence-electron chi connectivity index (χ1n) is 5.60. The normalized spacial score (nSPS) is 32.8. The lowest BCUT2D eigenvalue weighted by Crippen LogP contribution is -2.33. The van der Waals surface area contributed by atoms with Crippen LogP contribution in [0.25, 0.3) is 0 Å². The molecule has 0 aromatic carbocycles. The molecule has 1 aliphatic heterocycles. The summed E-state index contributed by atoms with van der Waals surface area (Å²) in [7, 11) is 0. The molecule has 2 fully saturated rings. The van der Waals surface area contributed by atoms with Crippen LogP contribution in [-0.4, -0.2) is 30.6 Å². The van der Waals surface area contributed by atoms with Gasteiger partial charge in [-0.2, -0.15) is 0 Å². The molecule has 0 amide bonds. The smallest absolute Gasteiger partial charge is 0.0180 e. The molecule has 0 spiro atoms. The Bertz CT molecular complexity index is 185. The first-order chi connectivity index (χ1) is 6.12. The van der Waals surface area contributed by atoms with Gasteiger partial charge in [-0.25, -0.2) is 0 Å². The summed E-state index contributed by atoms with van der Waals surface area (Å²) in [6.07, 6.45) is 4.08. The molecule has 1 saturated heterocycles. The van der Waals surface area contributed by atoms with Crippen molar-refractivity contribution >= 4 is 0 Å². The molecule has 2 heteroatoms. The predicted molar refractivity (Wildman–Crippen MR) is 55.5 cm³/mol. The van der Waals surface area contributed by atoms with Crippen molar-refractivity contribution in [3.63, 3.8) is 0 Å². The van der Waals surface area contributed by atoms with E-state index in [1.807, 2.05) is 0 Å². The second-order valence-electron chi connectivity index (χ2n) is 5.30. The zero-order valence-electron chi connectivity index (χ0n) is 8.92. The van der Waals surface area contributed by atoms with Gasteiger partial charge in [0.2, 0.25) is 0 Å². The third-order valence-electron chi connectivity index (χ3n) is 3.96. The van der Waals surface area contributed by atoms with Gasteiger partial charge in [-0.15, -0.1) is 0 Å². The van der Waals surface area contributed by atoms with Gasteiger partial charge in [0.05, 0.1) is 0 Å². The van der Waals surface area contributed by atoms with Gasteiger partial charge in [0, 0.05) is 19.1 Å². The van der Waals surface area contributed by atoms with Crippen molar-refractivity contribution in [2.45, 2.75) is 39.2 Å². The number of nitrogens with two attached hydrogens (primary N) is 1. The fraction of sp³-hybridized carbons (Fsp3) is 1.00. The molecule has 13 heavy (non-hydrogen) atoms. The van der Waals surface area contributed by atoms with E-state index in [2.05, 4.69) is 18.7 Å². The highest BCUT2D eigenvalue weighted by atomic mass is 15.2. The van der Waals surface area contributed by atoms with Crippen molar-refractivity contribution in [1.82, 2.24) is 4.90 Å². The summed E-state index contributed by atoms with van der Waals surface area (Å²) in [6.45, 7) is 8.40. The van der Waals surface area contributed by atoms with Crippen molar-refractivity contribution in [3.05, 3.63) is 0 Å². The second-order valence-corrected chi connectivity index (χ2v) is 5.30. The maximum absolute atomic E-state index is 5.90. The molecule has 76 valence electrons. The molecular weight excluding hydrogens is 160 g/mol. The average Bonchev–Trinajstić information content (AvgIpc) is 2.72. The average molecular weight is 182 g/mol. The van der Waals surface area contributed by atoms with E-state index in [-0.39, 0.29) is 0 Å². The minimum Gasteiger partial charge on any atom is -0.326 e. The zero-order chi connectivity index (χ0) is 9.47. The zero-order valence-corrected chi connectivity index (χ0v) is 8.92. The fourth-order valence-corrected chi connectivity index (χ4v) is 2.53. The third-order valence-corrected chi connectivity index (χ3v) is 3.96. The van der Waals surface area contributed by atoms with Gasteiger partial charge >= 0.3 is 0 Å². The van der Waals surface area contributed by atoms with Crippen LogP contribution in [0.15, 0.2) is 0 Å². The first kappa shape index (κ1) is 9.47. The van der Waals surface area contributed by atoms with Crippen LogP contribution in [0.1, 0.15) is 33.1 Å². The number of nitrogens with zero attached hydrogens (tertiary/aromatic N) is 1. The van der Waals surface area contributed by atoms with Crippen LogP contribution in [0.2, 0.25) is 0 Å². The van der Waals surface area contributed by atoms with Crippen LogP contribution in [0.4, 0.5) is 0 Å². The number of hydrogen-bond acceptors (Lipinski definition) is 2. The quantitative estimate of drug-likeness (QED) is 0.716. The second kappa shape index (κ2) is 3.25. The Morgan fingerprint density at radius 2 is 2.15 bits per heavy atom. The van der Waals surface area contributed by atoms with Crippen molar-refractivity contribution in [2.24, 2.45) is 17.1 Å². The van der Waals surface area contributed by atoms with Gasteiger partial charge in [0.25, 0.3) is 0 Å². The highest BCUT2D eigenvalue weighted by Crippen LogP contribution is 2.52. The van der Waals surface area contributed by atoms with Crippen LogP contribution in [0.5, 0.6) is 0 Å². The van der Waals surface area contributed by atoms with Gasteiger partial charge in [-0.05, 0) is 37.1 Å². The molecule has 0 aromatic heterocycles. The van der Waals surface area contributed by atoms with E-state index in [1.54, 1.807) is 0 Å². The van der Waals surface area contributed by atoms with Gasteiger partial charge in [0.1, 0.15) is 0 Å². The molecule has 2 rings (SSSR count). The number of rotatable bonds is 3. The largest absolute Gasteiger partial charge is 0.326 e. The van der Waals surface area contributed by atoms with Crippen LogP contribution < -0.4 is 5.73 Å². The fourth-order valence-electron chi connectivity index (χ4n) is 2.53. The van der Waals surface area contributed by atoms with Crippen molar-refractivity contribution in [1.29, 1.82) is 0 Å². The molecule has 1 atom stereocenters. The molecule has 2 nitrogen and oxygen atoms in total.